The van der Waals surface area contributed by atoms with Gasteiger partial charge in [0.2, 0.25) is 11.8 Å². The second kappa shape index (κ2) is 9.88. The number of hydrogen-bond donors (Lipinski definition) is 1. The zero-order valence-electron chi connectivity index (χ0n) is 15.9. The van der Waals surface area contributed by atoms with Crippen LogP contribution in [0.3, 0.4) is 0 Å². The molecule has 1 aliphatic rings. The van der Waals surface area contributed by atoms with E-state index in [2.05, 4.69) is 13.8 Å². The van der Waals surface area contributed by atoms with E-state index in [1.165, 1.54) is 0 Å². The minimum Gasteiger partial charge on any atom is -0.344 e. The highest BCUT2D eigenvalue weighted by molar-refractivity contribution is 7.99. The van der Waals surface area contributed by atoms with Crippen LogP contribution in [0.2, 0.25) is 0 Å². The molecule has 0 aromatic heterocycles. The highest BCUT2D eigenvalue weighted by atomic mass is 35.5. The van der Waals surface area contributed by atoms with Crippen LogP contribution < -0.4 is 5.73 Å². The molecule has 24 heavy (non-hydrogen) atoms. The number of rotatable bonds is 6. The van der Waals surface area contributed by atoms with E-state index in [1.54, 1.807) is 21.6 Å². The molecule has 2 atom stereocenters. The van der Waals surface area contributed by atoms with Gasteiger partial charge < -0.3 is 15.5 Å². The topological polar surface area (TPSA) is 66.6 Å². The van der Waals surface area contributed by atoms with Crippen molar-refractivity contribution >= 4 is 36.0 Å². The molecule has 0 aromatic carbocycles. The molecular weight excluding hydrogens is 346 g/mol. The molecule has 7 heteroatoms. The number of carbonyl (C=O) groups is 2. The first-order valence-corrected chi connectivity index (χ1v) is 9.56. The first kappa shape index (κ1) is 23.5. The van der Waals surface area contributed by atoms with Crippen molar-refractivity contribution in [2.75, 3.05) is 25.2 Å². The Kier molecular flexibility index (Phi) is 9.69. The Morgan fingerprint density at radius 2 is 1.92 bits per heavy atom. The molecule has 1 rings (SSSR count). The Morgan fingerprint density at radius 1 is 1.33 bits per heavy atom. The number of likely N-dealkylation sites (N-methyl/N-ethyl adjacent to an activating group) is 1. The number of nitrogens with zero attached hydrogens (tertiary/aromatic N) is 2. The third-order valence-electron chi connectivity index (χ3n) is 4.20. The van der Waals surface area contributed by atoms with Crippen LogP contribution in [-0.2, 0) is 9.59 Å². The van der Waals surface area contributed by atoms with Crippen LogP contribution in [0.4, 0.5) is 0 Å². The van der Waals surface area contributed by atoms with Crippen LogP contribution in [0.5, 0.6) is 0 Å². The third-order valence-corrected chi connectivity index (χ3v) is 5.21. The summed E-state index contributed by atoms with van der Waals surface area (Å²) in [4.78, 5) is 28.6. The molecule has 0 radical (unpaired) electrons. The summed E-state index contributed by atoms with van der Waals surface area (Å²) >= 11 is 1.65. The molecule has 2 unspecified atom stereocenters. The standard InChI is InChI=1S/C17H33N3O2S.ClH/c1-12(2)13(18)7-8-19(6)16(22)14-10-23-11-20(14)15(21)9-17(3,4)5;/h12-14H,7-11,18H2,1-6H3;1H. The monoisotopic (exact) mass is 379 g/mol. The maximum Gasteiger partial charge on any atom is 0.246 e. The summed E-state index contributed by atoms with van der Waals surface area (Å²) in [6, 6.07) is -0.225. The maximum atomic E-state index is 12.7. The van der Waals surface area contributed by atoms with Gasteiger partial charge in [0, 0.05) is 31.8 Å². The van der Waals surface area contributed by atoms with E-state index in [1.807, 2.05) is 27.8 Å². The maximum absolute atomic E-state index is 12.7. The van der Waals surface area contributed by atoms with Gasteiger partial charge in [-0.25, -0.2) is 0 Å². The van der Waals surface area contributed by atoms with E-state index in [4.69, 9.17) is 5.73 Å². The predicted molar refractivity (Wildman–Crippen MR) is 104 cm³/mol. The average molecular weight is 380 g/mol. The highest BCUT2D eigenvalue weighted by Crippen LogP contribution is 2.27. The SMILES string of the molecule is CC(C)C(N)CCN(C)C(=O)C1CSCN1C(=O)CC(C)(C)C.Cl. The Morgan fingerprint density at radius 3 is 2.42 bits per heavy atom. The quantitative estimate of drug-likeness (QED) is 0.770. The van der Waals surface area contributed by atoms with Crippen molar-refractivity contribution in [3.8, 4) is 0 Å². The number of hydrogen-bond acceptors (Lipinski definition) is 4. The molecule has 0 bridgehead atoms. The van der Waals surface area contributed by atoms with Crippen LogP contribution in [0.25, 0.3) is 0 Å². The summed E-state index contributed by atoms with van der Waals surface area (Å²) < 4.78 is 0. The van der Waals surface area contributed by atoms with Crippen LogP contribution >= 0.6 is 24.2 Å². The van der Waals surface area contributed by atoms with Crippen molar-refractivity contribution < 1.29 is 9.59 Å². The average Bonchev–Trinajstić information content (AvgIpc) is 2.90. The predicted octanol–water partition coefficient (Wildman–Crippen LogP) is 2.58. The minimum atomic E-state index is -0.324. The lowest BCUT2D eigenvalue weighted by molar-refractivity contribution is -0.143. The fourth-order valence-electron chi connectivity index (χ4n) is 2.49. The van der Waals surface area contributed by atoms with Crippen molar-refractivity contribution in [3.05, 3.63) is 0 Å². The molecule has 1 fully saturated rings. The molecule has 142 valence electrons. The number of thioether (sulfide) groups is 1. The van der Waals surface area contributed by atoms with E-state index in [-0.39, 0.29) is 41.7 Å². The van der Waals surface area contributed by atoms with Crippen LogP contribution in [-0.4, -0.2) is 58.9 Å². The van der Waals surface area contributed by atoms with Crippen molar-refractivity contribution in [2.45, 2.75) is 59.5 Å². The first-order chi connectivity index (χ1) is 10.5. The van der Waals surface area contributed by atoms with Gasteiger partial charge >= 0.3 is 0 Å². The van der Waals surface area contributed by atoms with E-state index in [9.17, 15) is 9.59 Å². The zero-order valence-corrected chi connectivity index (χ0v) is 17.5. The number of nitrogens with two attached hydrogens (primary N) is 1. The van der Waals surface area contributed by atoms with Gasteiger partial charge in [-0.1, -0.05) is 34.6 Å². The Hall–Kier alpha value is -0.460. The van der Waals surface area contributed by atoms with Crippen LogP contribution in [0, 0.1) is 11.3 Å². The molecule has 0 spiro atoms. The summed E-state index contributed by atoms with van der Waals surface area (Å²) in [5, 5.41) is 0. The second-order valence-electron chi connectivity index (χ2n) is 8.07. The smallest absolute Gasteiger partial charge is 0.246 e. The minimum absolute atomic E-state index is 0. The normalized spacial score (nSPS) is 19.2. The summed E-state index contributed by atoms with van der Waals surface area (Å²) in [6.07, 6.45) is 1.26. The van der Waals surface area contributed by atoms with E-state index in [0.29, 0.717) is 30.5 Å². The van der Waals surface area contributed by atoms with Gasteiger partial charge in [0.25, 0.3) is 0 Å². The van der Waals surface area contributed by atoms with Crippen LogP contribution in [0.15, 0.2) is 0 Å². The highest BCUT2D eigenvalue weighted by Gasteiger charge is 2.37. The molecule has 2 N–H and O–H groups in total. The van der Waals surface area contributed by atoms with Gasteiger partial charge in [-0.05, 0) is 17.8 Å². The Bertz CT molecular complexity index is 427. The largest absolute Gasteiger partial charge is 0.344 e. The zero-order chi connectivity index (χ0) is 17.8. The van der Waals surface area contributed by atoms with Gasteiger partial charge in [-0.3, -0.25) is 9.59 Å². The molecule has 0 saturated carbocycles. The number of amides is 2. The van der Waals surface area contributed by atoms with Gasteiger partial charge in [0.1, 0.15) is 6.04 Å². The fraction of sp³-hybridized carbons (Fsp3) is 0.882. The number of carbonyl (C=O) groups excluding carboxylic acids is 2. The molecule has 0 aliphatic carbocycles. The van der Waals surface area contributed by atoms with E-state index in [0.717, 1.165) is 6.42 Å². The molecule has 2 amide bonds. The van der Waals surface area contributed by atoms with Gasteiger partial charge in [0.15, 0.2) is 0 Å². The third kappa shape index (κ3) is 7.19. The van der Waals surface area contributed by atoms with Crippen molar-refractivity contribution in [1.29, 1.82) is 0 Å². The van der Waals surface area contributed by atoms with Crippen molar-refractivity contribution in [1.82, 2.24) is 9.80 Å². The lowest BCUT2D eigenvalue weighted by Gasteiger charge is -2.30. The Balaban J connectivity index is 0.00000529. The summed E-state index contributed by atoms with van der Waals surface area (Å²) in [5.41, 5.74) is 6.00. The molecule has 1 saturated heterocycles. The second-order valence-corrected chi connectivity index (χ2v) is 9.07. The molecule has 0 aromatic rings. The molecular formula is C17H34ClN3O2S. The molecule has 1 aliphatic heterocycles. The first-order valence-electron chi connectivity index (χ1n) is 8.40. The van der Waals surface area contributed by atoms with Gasteiger partial charge in [0.05, 0.1) is 5.88 Å². The number of halogens is 1. The van der Waals surface area contributed by atoms with Crippen molar-refractivity contribution in [3.63, 3.8) is 0 Å². The Labute approximate surface area is 157 Å². The van der Waals surface area contributed by atoms with Crippen LogP contribution in [0.1, 0.15) is 47.5 Å². The summed E-state index contributed by atoms with van der Waals surface area (Å²) in [5.74, 6) is 1.83. The van der Waals surface area contributed by atoms with Crippen molar-refractivity contribution in [2.24, 2.45) is 17.1 Å². The fourth-order valence-corrected chi connectivity index (χ4v) is 3.66. The van der Waals surface area contributed by atoms with Gasteiger partial charge in [-0.15, -0.1) is 24.2 Å². The van der Waals surface area contributed by atoms with Gasteiger partial charge in [-0.2, -0.15) is 0 Å². The lowest BCUT2D eigenvalue weighted by Crippen LogP contribution is -2.49. The summed E-state index contributed by atoms with van der Waals surface area (Å²) in [6.45, 7) is 11.0. The lowest BCUT2D eigenvalue weighted by atomic mass is 9.91. The molecule has 1 heterocycles. The van der Waals surface area contributed by atoms with E-state index >= 15 is 0 Å². The molecule has 5 nitrogen and oxygen atoms in total. The van der Waals surface area contributed by atoms with E-state index < -0.39 is 0 Å². The summed E-state index contributed by atoms with van der Waals surface area (Å²) in [7, 11) is 1.81.